The predicted octanol–water partition coefficient (Wildman–Crippen LogP) is 2.65. The minimum atomic E-state index is 0.554. The number of nitrogens with one attached hydrogen (secondary N) is 2. The first kappa shape index (κ1) is 19.1. The molecule has 0 saturated heterocycles. The van der Waals surface area contributed by atoms with Crippen molar-refractivity contribution in [1.29, 1.82) is 0 Å². The van der Waals surface area contributed by atoms with E-state index in [-0.39, 0.29) is 0 Å². The second-order valence-corrected chi connectivity index (χ2v) is 6.64. The topological polar surface area (TPSA) is 61.8 Å². The number of ether oxygens (including phenoxy) is 1. The van der Waals surface area contributed by atoms with Crippen LogP contribution in [0.15, 0.2) is 34.6 Å². The molecule has 0 spiro atoms. The van der Waals surface area contributed by atoms with E-state index in [9.17, 15) is 0 Å². The van der Waals surface area contributed by atoms with Gasteiger partial charge < -0.3 is 20.3 Å². The number of aromatic nitrogens is 1. The van der Waals surface area contributed by atoms with Crippen molar-refractivity contribution in [3.8, 4) is 5.75 Å². The highest BCUT2D eigenvalue weighted by molar-refractivity contribution is 7.13. The quantitative estimate of drug-likeness (QED) is 0.430. The monoisotopic (exact) mass is 361 g/mol. The van der Waals surface area contributed by atoms with Gasteiger partial charge in [-0.15, -0.1) is 11.3 Å². The number of aryl methyl sites for hydroxylation is 1. The summed E-state index contributed by atoms with van der Waals surface area (Å²) in [5.74, 6) is 1.66. The number of rotatable bonds is 8. The largest absolute Gasteiger partial charge is 0.492 e. The van der Waals surface area contributed by atoms with Crippen LogP contribution in [0.2, 0.25) is 0 Å². The van der Waals surface area contributed by atoms with Gasteiger partial charge in [0.1, 0.15) is 12.4 Å². The third kappa shape index (κ3) is 6.62. The fourth-order valence-corrected chi connectivity index (χ4v) is 2.80. The van der Waals surface area contributed by atoms with E-state index in [1.54, 1.807) is 11.3 Å². The lowest BCUT2D eigenvalue weighted by Gasteiger charge is -2.12. The Labute approximate surface area is 154 Å². The van der Waals surface area contributed by atoms with Gasteiger partial charge in [-0.3, -0.25) is 0 Å². The highest BCUT2D eigenvalue weighted by Gasteiger charge is 2.04. The Hall–Kier alpha value is -2.28. The maximum atomic E-state index is 5.72. The van der Waals surface area contributed by atoms with Gasteiger partial charge in [0.05, 0.1) is 18.8 Å². The van der Waals surface area contributed by atoms with Crippen LogP contribution in [0.3, 0.4) is 0 Å². The van der Waals surface area contributed by atoms with E-state index < -0.39 is 0 Å². The van der Waals surface area contributed by atoms with Crippen molar-refractivity contribution in [2.45, 2.75) is 20.4 Å². The highest BCUT2D eigenvalue weighted by Crippen LogP contribution is 2.18. The normalized spacial score (nSPS) is 11.3. The van der Waals surface area contributed by atoms with Crippen LogP contribution in [0.4, 0.5) is 5.13 Å². The molecule has 0 fully saturated rings. The molecule has 0 aliphatic carbocycles. The second-order valence-electron chi connectivity index (χ2n) is 5.80. The third-order valence-electron chi connectivity index (χ3n) is 3.35. The number of benzene rings is 1. The standard InChI is InChI=1S/C18H27N5OS/c1-5-19-17(21-12-15-13-25-18(22-15)23(3)4)20-10-11-24-16-8-6-14(2)7-9-16/h6-9,13H,5,10-12H2,1-4H3,(H2,19,20,21). The second kappa shape index (κ2) is 9.88. The van der Waals surface area contributed by atoms with Crippen molar-refractivity contribution in [2.75, 3.05) is 38.7 Å². The van der Waals surface area contributed by atoms with E-state index >= 15 is 0 Å². The van der Waals surface area contributed by atoms with Gasteiger partial charge >= 0.3 is 0 Å². The van der Waals surface area contributed by atoms with Crippen molar-refractivity contribution < 1.29 is 4.74 Å². The molecule has 0 saturated carbocycles. The fourth-order valence-electron chi connectivity index (χ4n) is 2.05. The Balaban J connectivity index is 1.79. The molecule has 2 aromatic rings. The molecule has 0 unspecified atom stereocenters. The Morgan fingerprint density at radius 1 is 1.24 bits per heavy atom. The Morgan fingerprint density at radius 3 is 2.64 bits per heavy atom. The first-order valence-corrected chi connectivity index (χ1v) is 9.30. The molecule has 0 bridgehead atoms. The predicted molar refractivity (Wildman–Crippen MR) is 106 cm³/mol. The fraction of sp³-hybridized carbons (Fsp3) is 0.444. The summed E-state index contributed by atoms with van der Waals surface area (Å²) in [7, 11) is 3.98. The molecule has 0 atom stereocenters. The molecular formula is C18H27N5OS. The van der Waals surface area contributed by atoms with Gasteiger partial charge in [-0.25, -0.2) is 9.98 Å². The van der Waals surface area contributed by atoms with E-state index in [4.69, 9.17) is 4.74 Å². The van der Waals surface area contributed by atoms with E-state index in [1.807, 2.05) is 55.6 Å². The van der Waals surface area contributed by atoms with Crippen LogP contribution in [-0.2, 0) is 6.54 Å². The first-order valence-electron chi connectivity index (χ1n) is 8.42. The molecule has 25 heavy (non-hydrogen) atoms. The number of hydrogen-bond acceptors (Lipinski definition) is 5. The van der Waals surface area contributed by atoms with Crippen LogP contribution in [0.25, 0.3) is 0 Å². The highest BCUT2D eigenvalue weighted by atomic mass is 32.1. The summed E-state index contributed by atoms with van der Waals surface area (Å²) >= 11 is 1.63. The van der Waals surface area contributed by atoms with Crippen LogP contribution in [0.1, 0.15) is 18.2 Å². The van der Waals surface area contributed by atoms with Crippen LogP contribution < -0.4 is 20.3 Å². The summed E-state index contributed by atoms with van der Waals surface area (Å²) in [4.78, 5) is 11.1. The van der Waals surface area contributed by atoms with E-state index in [0.717, 1.165) is 29.1 Å². The van der Waals surface area contributed by atoms with Crippen molar-refractivity contribution in [2.24, 2.45) is 4.99 Å². The Bertz CT molecular complexity index is 666. The van der Waals surface area contributed by atoms with Crippen molar-refractivity contribution in [3.63, 3.8) is 0 Å². The molecule has 0 aliphatic heterocycles. The summed E-state index contributed by atoms with van der Waals surface area (Å²) in [5.41, 5.74) is 2.20. The smallest absolute Gasteiger partial charge is 0.191 e. The molecule has 0 aliphatic rings. The molecule has 0 amide bonds. The zero-order valence-corrected chi connectivity index (χ0v) is 16.2. The molecule has 2 rings (SSSR count). The maximum absolute atomic E-state index is 5.72. The zero-order valence-electron chi connectivity index (χ0n) is 15.4. The van der Waals surface area contributed by atoms with Gasteiger partial charge in [-0.1, -0.05) is 17.7 Å². The summed E-state index contributed by atoms with van der Waals surface area (Å²) < 4.78 is 5.72. The van der Waals surface area contributed by atoms with Gasteiger partial charge in [0.15, 0.2) is 11.1 Å². The zero-order chi connectivity index (χ0) is 18.1. The Kier molecular flexibility index (Phi) is 7.53. The van der Waals surface area contributed by atoms with E-state index in [1.165, 1.54) is 5.56 Å². The average molecular weight is 362 g/mol. The minimum absolute atomic E-state index is 0.554. The average Bonchev–Trinajstić information content (AvgIpc) is 3.07. The molecule has 7 heteroatoms. The molecule has 0 radical (unpaired) electrons. The van der Waals surface area contributed by atoms with Crippen LogP contribution in [-0.4, -0.2) is 44.7 Å². The number of aliphatic imine (C=N–C) groups is 1. The van der Waals surface area contributed by atoms with Gasteiger partial charge in [0.25, 0.3) is 0 Å². The molecule has 1 aromatic carbocycles. The number of hydrogen-bond donors (Lipinski definition) is 2. The van der Waals surface area contributed by atoms with E-state index in [2.05, 4.69) is 27.5 Å². The van der Waals surface area contributed by atoms with Crippen LogP contribution >= 0.6 is 11.3 Å². The van der Waals surface area contributed by atoms with Crippen molar-refractivity contribution >= 4 is 22.4 Å². The first-order chi connectivity index (χ1) is 12.1. The molecule has 6 nitrogen and oxygen atoms in total. The summed E-state index contributed by atoms with van der Waals surface area (Å²) in [6, 6.07) is 8.06. The summed E-state index contributed by atoms with van der Waals surface area (Å²) in [6.07, 6.45) is 0. The molecule has 136 valence electrons. The minimum Gasteiger partial charge on any atom is -0.492 e. The lowest BCUT2D eigenvalue weighted by Crippen LogP contribution is -2.39. The number of thiazole rings is 1. The lowest BCUT2D eigenvalue weighted by molar-refractivity contribution is 0.322. The SMILES string of the molecule is CCNC(=NCc1csc(N(C)C)n1)NCCOc1ccc(C)cc1. The number of nitrogens with zero attached hydrogens (tertiary/aromatic N) is 3. The Morgan fingerprint density at radius 2 is 2.00 bits per heavy atom. The van der Waals surface area contributed by atoms with Gasteiger partial charge in [0.2, 0.25) is 0 Å². The molecule has 2 N–H and O–H groups in total. The molecular weight excluding hydrogens is 334 g/mol. The number of anilines is 1. The van der Waals surface area contributed by atoms with Gasteiger partial charge in [-0.05, 0) is 26.0 Å². The molecule has 1 heterocycles. The number of guanidine groups is 1. The molecule has 1 aromatic heterocycles. The van der Waals surface area contributed by atoms with Crippen molar-refractivity contribution in [1.82, 2.24) is 15.6 Å². The van der Waals surface area contributed by atoms with E-state index in [0.29, 0.717) is 19.7 Å². The van der Waals surface area contributed by atoms with Crippen LogP contribution in [0, 0.1) is 6.92 Å². The van der Waals surface area contributed by atoms with Gasteiger partial charge in [0, 0.05) is 26.0 Å². The van der Waals surface area contributed by atoms with Crippen LogP contribution in [0.5, 0.6) is 5.75 Å². The lowest BCUT2D eigenvalue weighted by atomic mass is 10.2. The third-order valence-corrected chi connectivity index (χ3v) is 4.41. The maximum Gasteiger partial charge on any atom is 0.191 e. The summed E-state index contributed by atoms with van der Waals surface area (Å²) in [5, 5.41) is 9.56. The summed E-state index contributed by atoms with van der Waals surface area (Å²) in [6.45, 7) is 6.74. The van der Waals surface area contributed by atoms with Crippen molar-refractivity contribution in [3.05, 3.63) is 40.9 Å². The van der Waals surface area contributed by atoms with Gasteiger partial charge in [-0.2, -0.15) is 0 Å².